The fraction of sp³-hybridized carbons (Fsp3) is 0.176. The van der Waals surface area contributed by atoms with E-state index < -0.39 is 0 Å². The summed E-state index contributed by atoms with van der Waals surface area (Å²) in [5.74, 6) is 0.0874. The number of ether oxygens (including phenoxy) is 1. The van der Waals surface area contributed by atoms with E-state index in [9.17, 15) is 9.59 Å². The van der Waals surface area contributed by atoms with E-state index in [1.165, 1.54) is 0 Å². The van der Waals surface area contributed by atoms with Gasteiger partial charge in [0.05, 0.1) is 18.4 Å². The van der Waals surface area contributed by atoms with E-state index in [-0.39, 0.29) is 11.8 Å². The summed E-state index contributed by atoms with van der Waals surface area (Å²) in [5.41, 5.74) is 1.37. The van der Waals surface area contributed by atoms with Gasteiger partial charge in [0.15, 0.2) is 0 Å². The van der Waals surface area contributed by atoms with E-state index in [2.05, 4.69) is 10.6 Å². The lowest BCUT2D eigenvalue weighted by Crippen LogP contribution is -2.24. The van der Waals surface area contributed by atoms with Gasteiger partial charge in [0, 0.05) is 12.1 Å². The number of hydrogen-bond donors (Lipinski definition) is 2. The number of methoxy groups -OCH3 is 1. The van der Waals surface area contributed by atoms with Gasteiger partial charge in [-0.2, -0.15) is 0 Å². The van der Waals surface area contributed by atoms with Crippen molar-refractivity contribution in [2.24, 2.45) is 0 Å². The average molecular weight is 298 g/mol. The fourth-order valence-electron chi connectivity index (χ4n) is 2.00. The van der Waals surface area contributed by atoms with Crippen LogP contribution in [0.1, 0.15) is 27.6 Å². The largest absolute Gasteiger partial charge is 0.497 e. The van der Waals surface area contributed by atoms with Crippen molar-refractivity contribution in [1.29, 1.82) is 0 Å². The molecular formula is C17H18N2O3. The van der Waals surface area contributed by atoms with Crippen LogP contribution in [0.15, 0.2) is 48.5 Å². The Bertz CT molecular complexity index is 683. The van der Waals surface area contributed by atoms with Gasteiger partial charge in [-0.25, -0.2) is 0 Å². The molecule has 0 saturated heterocycles. The molecule has 2 aromatic carbocycles. The number of hydrogen-bond acceptors (Lipinski definition) is 3. The molecule has 2 N–H and O–H groups in total. The molecule has 5 heteroatoms. The standard InChI is InChI=1S/C17H18N2O3/c1-3-18-17(21)14-9-4-5-10-15(14)19-16(20)12-7-6-8-13(11-12)22-2/h4-11H,3H2,1-2H3,(H,18,21)(H,19,20). The van der Waals surface area contributed by atoms with Crippen molar-refractivity contribution in [3.05, 3.63) is 59.7 Å². The molecule has 2 aromatic rings. The minimum atomic E-state index is -0.296. The van der Waals surface area contributed by atoms with Gasteiger partial charge in [-0.3, -0.25) is 9.59 Å². The molecule has 0 aromatic heterocycles. The molecule has 0 aliphatic heterocycles. The Morgan fingerprint density at radius 3 is 2.55 bits per heavy atom. The van der Waals surface area contributed by atoms with Gasteiger partial charge in [-0.15, -0.1) is 0 Å². The summed E-state index contributed by atoms with van der Waals surface area (Å²) >= 11 is 0. The Hall–Kier alpha value is -2.82. The highest BCUT2D eigenvalue weighted by molar-refractivity contribution is 6.09. The second-order valence-electron chi connectivity index (χ2n) is 4.59. The summed E-state index contributed by atoms with van der Waals surface area (Å²) in [7, 11) is 1.54. The molecule has 114 valence electrons. The summed E-state index contributed by atoms with van der Waals surface area (Å²) in [6, 6.07) is 13.7. The lowest BCUT2D eigenvalue weighted by Gasteiger charge is -2.11. The van der Waals surface area contributed by atoms with E-state index in [4.69, 9.17) is 4.74 Å². The summed E-state index contributed by atoms with van der Waals surface area (Å²) in [5, 5.41) is 5.49. The third-order valence-corrected chi connectivity index (χ3v) is 3.09. The maximum Gasteiger partial charge on any atom is 0.255 e. The number of nitrogens with one attached hydrogen (secondary N) is 2. The van der Waals surface area contributed by atoms with Crippen molar-refractivity contribution in [3.63, 3.8) is 0 Å². The van der Waals surface area contributed by atoms with Crippen LogP contribution in [0.4, 0.5) is 5.69 Å². The average Bonchev–Trinajstić information content (AvgIpc) is 2.55. The predicted octanol–water partition coefficient (Wildman–Crippen LogP) is 2.70. The second kappa shape index (κ2) is 7.26. The second-order valence-corrected chi connectivity index (χ2v) is 4.59. The smallest absolute Gasteiger partial charge is 0.255 e. The van der Waals surface area contributed by atoms with Gasteiger partial charge >= 0.3 is 0 Å². The monoisotopic (exact) mass is 298 g/mol. The Balaban J connectivity index is 2.23. The van der Waals surface area contributed by atoms with Gasteiger partial charge in [-0.1, -0.05) is 18.2 Å². The highest BCUT2D eigenvalue weighted by Gasteiger charge is 2.13. The van der Waals surface area contributed by atoms with Crippen molar-refractivity contribution in [3.8, 4) is 5.75 Å². The van der Waals surface area contributed by atoms with Crippen LogP contribution >= 0.6 is 0 Å². The van der Waals surface area contributed by atoms with Crippen LogP contribution in [0, 0.1) is 0 Å². The zero-order valence-electron chi connectivity index (χ0n) is 12.6. The first kappa shape index (κ1) is 15.6. The van der Waals surface area contributed by atoms with Crippen LogP contribution in [0.5, 0.6) is 5.75 Å². The van der Waals surface area contributed by atoms with Crippen LogP contribution in [0.25, 0.3) is 0 Å². The summed E-state index contributed by atoms with van der Waals surface area (Å²) in [6.07, 6.45) is 0. The highest BCUT2D eigenvalue weighted by Crippen LogP contribution is 2.18. The molecule has 5 nitrogen and oxygen atoms in total. The molecule has 0 saturated carbocycles. The Kier molecular flexibility index (Phi) is 5.14. The number of carbonyl (C=O) groups excluding carboxylic acids is 2. The van der Waals surface area contributed by atoms with Crippen molar-refractivity contribution in [2.75, 3.05) is 19.0 Å². The van der Waals surface area contributed by atoms with Crippen LogP contribution in [0.3, 0.4) is 0 Å². The normalized spacial score (nSPS) is 9.91. The van der Waals surface area contributed by atoms with Gasteiger partial charge < -0.3 is 15.4 Å². The third-order valence-electron chi connectivity index (χ3n) is 3.09. The molecule has 0 atom stereocenters. The SMILES string of the molecule is CCNC(=O)c1ccccc1NC(=O)c1cccc(OC)c1. The first-order valence-corrected chi connectivity index (χ1v) is 6.98. The van der Waals surface area contributed by atoms with Gasteiger partial charge in [0.2, 0.25) is 0 Å². The maximum absolute atomic E-state index is 12.3. The van der Waals surface area contributed by atoms with Crippen LogP contribution < -0.4 is 15.4 Å². The van der Waals surface area contributed by atoms with Gasteiger partial charge in [-0.05, 0) is 37.3 Å². The van der Waals surface area contributed by atoms with Gasteiger partial charge in [0.1, 0.15) is 5.75 Å². The lowest BCUT2D eigenvalue weighted by atomic mass is 10.1. The minimum absolute atomic E-state index is 0.218. The minimum Gasteiger partial charge on any atom is -0.497 e. The van der Waals surface area contributed by atoms with Gasteiger partial charge in [0.25, 0.3) is 11.8 Å². The maximum atomic E-state index is 12.3. The molecule has 0 aliphatic rings. The van der Waals surface area contributed by atoms with E-state index in [0.717, 1.165) is 0 Å². The van der Waals surface area contributed by atoms with Crippen LogP contribution in [-0.2, 0) is 0 Å². The van der Waals surface area contributed by atoms with Crippen molar-refractivity contribution >= 4 is 17.5 Å². The lowest BCUT2D eigenvalue weighted by molar-refractivity contribution is 0.0956. The molecule has 0 fully saturated rings. The molecule has 2 rings (SSSR count). The van der Waals surface area contributed by atoms with Crippen molar-refractivity contribution in [1.82, 2.24) is 5.32 Å². The number of rotatable bonds is 5. The molecule has 2 amide bonds. The summed E-state index contributed by atoms with van der Waals surface area (Å²) < 4.78 is 5.11. The van der Waals surface area contributed by atoms with Crippen LogP contribution in [0.2, 0.25) is 0 Å². The quantitative estimate of drug-likeness (QED) is 0.892. The first-order chi connectivity index (χ1) is 10.7. The van der Waals surface area contributed by atoms with Crippen LogP contribution in [-0.4, -0.2) is 25.5 Å². The first-order valence-electron chi connectivity index (χ1n) is 6.98. The number of carbonyl (C=O) groups is 2. The summed E-state index contributed by atoms with van der Waals surface area (Å²) in [4.78, 5) is 24.3. The van der Waals surface area contributed by atoms with E-state index >= 15 is 0 Å². The molecule has 0 radical (unpaired) electrons. The molecule has 0 aliphatic carbocycles. The Morgan fingerprint density at radius 1 is 1.05 bits per heavy atom. The molecule has 22 heavy (non-hydrogen) atoms. The zero-order chi connectivity index (χ0) is 15.9. The molecular weight excluding hydrogens is 280 g/mol. The zero-order valence-corrected chi connectivity index (χ0v) is 12.6. The predicted molar refractivity (Wildman–Crippen MR) is 85.4 cm³/mol. The van der Waals surface area contributed by atoms with E-state index in [1.807, 2.05) is 6.92 Å². The Morgan fingerprint density at radius 2 is 1.82 bits per heavy atom. The number of benzene rings is 2. The van der Waals surface area contributed by atoms with Crippen molar-refractivity contribution in [2.45, 2.75) is 6.92 Å². The molecule has 0 unspecified atom stereocenters. The third kappa shape index (κ3) is 3.63. The van der Waals surface area contributed by atoms with E-state index in [0.29, 0.717) is 29.1 Å². The summed E-state index contributed by atoms with van der Waals surface area (Å²) in [6.45, 7) is 2.37. The fourth-order valence-corrected chi connectivity index (χ4v) is 2.00. The van der Waals surface area contributed by atoms with E-state index in [1.54, 1.807) is 55.6 Å². The number of anilines is 1. The highest BCUT2D eigenvalue weighted by atomic mass is 16.5. The Labute approximate surface area is 129 Å². The number of para-hydroxylation sites is 1. The molecule has 0 spiro atoms. The van der Waals surface area contributed by atoms with Crippen molar-refractivity contribution < 1.29 is 14.3 Å². The molecule has 0 heterocycles. The molecule has 0 bridgehead atoms. The number of amides is 2. The topological polar surface area (TPSA) is 67.4 Å².